The molecule has 0 amide bonds. The number of hydrogen-bond donors (Lipinski definition) is 1. The highest BCUT2D eigenvalue weighted by Crippen LogP contribution is 2.35. The third-order valence-corrected chi connectivity index (χ3v) is 5.88. The second kappa shape index (κ2) is 10.7. The van der Waals surface area contributed by atoms with Gasteiger partial charge in [-0.3, -0.25) is 10.1 Å². The molecule has 14 heteroatoms. The Morgan fingerprint density at radius 1 is 1.18 bits per heavy atom. The summed E-state index contributed by atoms with van der Waals surface area (Å²) in [6.45, 7) is -0.856. The predicted molar refractivity (Wildman–Crippen MR) is 105 cm³/mol. The third-order valence-electron chi connectivity index (χ3n) is 4.33. The van der Waals surface area contributed by atoms with Crippen molar-refractivity contribution >= 4 is 21.7 Å². The predicted octanol–water partition coefficient (Wildman–Crippen LogP) is 2.89. The molecule has 0 heterocycles. The van der Waals surface area contributed by atoms with E-state index >= 15 is 0 Å². The van der Waals surface area contributed by atoms with E-state index in [1.54, 1.807) is 4.72 Å². The van der Waals surface area contributed by atoms with Crippen LogP contribution in [0.3, 0.4) is 0 Å². The summed E-state index contributed by atoms with van der Waals surface area (Å²) in [5.74, 6) is -4.35. The number of nitro groups is 1. The zero-order valence-electron chi connectivity index (χ0n) is 17.0. The molecule has 0 aromatic heterocycles. The van der Waals surface area contributed by atoms with Gasteiger partial charge in [-0.2, -0.15) is 4.72 Å². The minimum atomic E-state index is -5.13. The molecule has 33 heavy (non-hydrogen) atoms. The van der Waals surface area contributed by atoms with Crippen molar-refractivity contribution in [1.82, 2.24) is 4.72 Å². The standard InChI is InChI=1S/C19H18F4N2O7S/c1-2-32-16(26)10-31-11-19(18(22)23,12-6-5-7-13(20)17(12)21)24-33(29,30)15-9-4-3-8-14(15)25(27)28/h3-9,18,24H,2,10-11H2,1H3/t19-/m1/s1. The first-order valence-corrected chi connectivity index (χ1v) is 10.7. The molecule has 0 unspecified atom stereocenters. The van der Waals surface area contributed by atoms with Crippen LogP contribution < -0.4 is 4.72 Å². The quantitative estimate of drug-likeness (QED) is 0.220. The van der Waals surface area contributed by atoms with Gasteiger partial charge in [-0.05, 0) is 19.1 Å². The summed E-state index contributed by atoms with van der Waals surface area (Å²) in [6.07, 6.45) is -3.76. The summed E-state index contributed by atoms with van der Waals surface area (Å²) in [5.41, 5.74) is -5.34. The summed E-state index contributed by atoms with van der Waals surface area (Å²) >= 11 is 0. The molecule has 1 N–H and O–H groups in total. The molecule has 0 fully saturated rings. The van der Waals surface area contributed by atoms with Crippen molar-refractivity contribution in [1.29, 1.82) is 0 Å². The summed E-state index contributed by atoms with van der Waals surface area (Å²) < 4.78 is 94.0. The first kappa shape index (κ1) is 26.2. The second-order valence-corrected chi connectivity index (χ2v) is 8.15. The van der Waals surface area contributed by atoms with Crippen LogP contribution in [0.2, 0.25) is 0 Å². The Hall–Kier alpha value is -3.10. The van der Waals surface area contributed by atoms with Gasteiger partial charge in [-0.15, -0.1) is 0 Å². The summed E-state index contributed by atoms with van der Waals surface area (Å²) in [7, 11) is -5.13. The fourth-order valence-corrected chi connectivity index (χ4v) is 4.39. The fourth-order valence-electron chi connectivity index (χ4n) is 2.86. The van der Waals surface area contributed by atoms with Crippen molar-refractivity contribution in [3.63, 3.8) is 0 Å². The molecule has 0 aliphatic heterocycles. The van der Waals surface area contributed by atoms with E-state index < -0.39 is 73.9 Å². The molecule has 0 aliphatic rings. The van der Waals surface area contributed by atoms with Gasteiger partial charge in [0.25, 0.3) is 12.1 Å². The van der Waals surface area contributed by atoms with Gasteiger partial charge in [0.2, 0.25) is 10.0 Å². The van der Waals surface area contributed by atoms with Crippen LogP contribution in [0.5, 0.6) is 0 Å². The largest absolute Gasteiger partial charge is 0.464 e. The Morgan fingerprint density at radius 3 is 2.45 bits per heavy atom. The molecule has 180 valence electrons. The highest BCUT2D eigenvalue weighted by Gasteiger charge is 2.49. The maximum atomic E-state index is 14.6. The van der Waals surface area contributed by atoms with Crippen LogP contribution in [-0.2, 0) is 29.8 Å². The molecule has 0 radical (unpaired) electrons. The van der Waals surface area contributed by atoms with Gasteiger partial charge in [0.05, 0.1) is 18.1 Å². The van der Waals surface area contributed by atoms with Gasteiger partial charge in [-0.1, -0.05) is 24.3 Å². The first-order valence-electron chi connectivity index (χ1n) is 9.19. The molecule has 9 nitrogen and oxygen atoms in total. The number of alkyl halides is 2. The van der Waals surface area contributed by atoms with Crippen molar-refractivity contribution in [3.05, 3.63) is 69.8 Å². The SMILES string of the molecule is CCOC(=O)COC[C@@](NS(=O)(=O)c1ccccc1[N+](=O)[O-])(c1cccc(F)c1F)C(F)F. The minimum Gasteiger partial charge on any atom is -0.464 e. The van der Waals surface area contributed by atoms with E-state index in [0.717, 1.165) is 30.3 Å². The maximum Gasteiger partial charge on any atom is 0.332 e. The van der Waals surface area contributed by atoms with Gasteiger partial charge in [0.15, 0.2) is 16.5 Å². The Morgan fingerprint density at radius 2 is 1.85 bits per heavy atom. The Labute approximate surface area is 185 Å². The van der Waals surface area contributed by atoms with E-state index in [9.17, 15) is 40.9 Å². The first-order chi connectivity index (χ1) is 15.5. The van der Waals surface area contributed by atoms with E-state index in [0.29, 0.717) is 12.1 Å². The molecule has 0 spiro atoms. The van der Waals surface area contributed by atoms with Gasteiger partial charge >= 0.3 is 5.97 Å². The van der Waals surface area contributed by atoms with Gasteiger partial charge < -0.3 is 9.47 Å². The normalized spacial score (nSPS) is 13.5. The number of carbonyl (C=O) groups excluding carboxylic acids is 1. The number of sulfonamides is 1. The highest BCUT2D eigenvalue weighted by atomic mass is 32.2. The van der Waals surface area contributed by atoms with E-state index in [1.165, 1.54) is 6.92 Å². The molecular weight excluding hydrogens is 476 g/mol. The Bertz CT molecular complexity index is 1130. The lowest BCUT2D eigenvalue weighted by molar-refractivity contribution is -0.387. The van der Waals surface area contributed by atoms with E-state index in [4.69, 9.17) is 4.74 Å². The average Bonchev–Trinajstić information content (AvgIpc) is 2.75. The highest BCUT2D eigenvalue weighted by molar-refractivity contribution is 7.89. The van der Waals surface area contributed by atoms with Crippen molar-refractivity contribution < 1.29 is 45.2 Å². The number of hydrogen-bond acceptors (Lipinski definition) is 7. The van der Waals surface area contributed by atoms with Crippen molar-refractivity contribution in [2.45, 2.75) is 23.8 Å². The average molecular weight is 494 g/mol. The smallest absolute Gasteiger partial charge is 0.332 e. The number of rotatable bonds is 11. The molecule has 2 aromatic carbocycles. The summed E-state index contributed by atoms with van der Waals surface area (Å²) in [4.78, 5) is 20.7. The number of halogens is 4. The van der Waals surface area contributed by atoms with Crippen LogP contribution in [-0.4, -0.2) is 45.6 Å². The monoisotopic (exact) mass is 494 g/mol. The lowest BCUT2D eigenvalue weighted by Crippen LogP contribution is -2.55. The molecule has 1 atom stereocenters. The van der Waals surface area contributed by atoms with E-state index in [1.807, 2.05) is 0 Å². The number of carbonyl (C=O) groups is 1. The molecule has 0 aliphatic carbocycles. The van der Waals surface area contributed by atoms with Crippen molar-refractivity contribution in [2.24, 2.45) is 0 Å². The topological polar surface area (TPSA) is 125 Å². The molecule has 0 saturated heterocycles. The Balaban J connectivity index is 2.62. The fraction of sp³-hybridized carbons (Fsp3) is 0.316. The molecule has 0 saturated carbocycles. The zero-order valence-corrected chi connectivity index (χ0v) is 17.8. The van der Waals surface area contributed by atoms with Crippen LogP contribution >= 0.6 is 0 Å². The number of esters is 1. The molecule has 2 rings (SSSR count). The van der Waals surface area contributed by atoms with Crippen LogP contribution in [0.4, 0.5) is 23.2 Å². The van der Waals surface area contributed by atoms with Gasteiger partial charge in [0.1, 0.15) is 12.1 Å². The lowest BCUT2D eigenvalue weighted by Gasteiger charge is -2.34. The van der Waals surface area contributed by atoms with Gasteiger partial charge in [-0.25, -0.2) is 30.8 Å². The molecular formula is C19H18F4N2O7S. The van der Waals surface area contributed by atoms with Crippen LogP contribution in [0.25, 0.3) is 0 Å². The number of para-hydroxylation sites is 1. The number of benzene rings is 2. The van der Waals surface area contributed by atoms with Gasteiger partial charge in [0, 0.05) is 11.6 Å². The Kier molecular flexibility index (Phi) is 8.46. The summed E-state index contributed by atoms with van der Waals surface area (Å²) in [6, 6.07) is 6.01. The second-order valence-electron chi connectivity index (χ2n) is 6.50. The maximum absolute atomic E-state index is 14.6. The number of ether oxygens (including phenoxy) is 2. The molecule has 0 bridgehead atoms. The van der Waals surface area contributed by atoms with Crippen LogP contribution in [0.15, 0.2) is 47.4 Å². The lowest BCUT2D eigenvalue weighted by atomic mass is 9.91. The number of nitro benzene ring substituents is 1. The van der Waals surface area contributed by atoms with Crippen molar-refractivity contribution in [2.75, 3.05) is 19.8 Å². The zero-order chi connectivity index (χ0) is 24.8. The van der Waals surface area contributed by atoms with Crippen molar-refractivity contribution in [3.8, 4) is 0 Å². The van der Waals surface area contributed by atoms with Crippen LogP contribution in [0, 0.1) is 21.7 Å². The summed E-state index contributed by atoms with van der Waals surface area (Å²) in [5, 5.41) is 11.2. The number of nitrogens with one attached hydrogen (secondary N) is 1. The van der Waals surface area contributed by atoms with Crippen LogP contribution in [0.1, 0.15) is 12.5 Å². The number of nitrogens with zero attached hydrogens (tertiary/aromatic N) is 1. The van der Waals surface area contributed by atoms with E-state index in [2.05, 4.69) is 4.74 Å². The minimum absolute atomic E-state index is 0.0645. The third kappa shape index (κ3) is 5.83. The molecule has 2 aromatic rings. The van der Waals surface area contributed by atoms with E-state index in [-0.39, 0.29) is 6.61 Å².